The minimum absolute atomic E-state index is 0.0263. The second-order valence-corrected chi connectivity index (χ2v) is 16.8. The molecule has 2 aliphatic heterocycles. The molecule has 0 amide bonds. The monoisotopic (exact) mass is 915 g/mol. The van der Waals surface area contributed by atoms with Crippen LogP contribution in [0.4, 0.5) is 0 Å². The summed E-state index contributed by atoms with van der Waals surface area (Å²) < 4.78 is 39.7. The predicted octanol–water partition coefficient (Wildman–Crippen LogP) is 0.157. The molecule has 16 unspecified atom stereocenters. The third-order valence-corrected chi connectivity index (χ3v) is 11.4. The summed E-state index contributed by atoms with van der Waals surface area (Å²) in [5, 5.41) is 103. The van der Waals surface area contributed by atoms with E-state index in [9.17, 15) is 65.4 Å². The number of hydrogen-bond donors (Lipinski definition) is 10. The average Bonchev–Trinajstić information content (AvgIpc) is 3.23. The molecule has 0 aliphatic carbocycles. The number of aliphatic hydroxyl groups excluding tert-OH is 10. The minimum Gasteiger partial charge on any atom is -0.469 e. The molecule has 2 saturated heterocycles. The van der Waals surface area contributed by atoms with Gasteiger partial charge in [0, 0.05) is 12.8 Å². The van der Waals surface area contributed by atoms with Crippen molar-refractivity contribution < 1.29 is 98.6 Å². The van der Waals surface area contributed by atoms with E-state index in [0.29, 0.717) is 25.7 Å². The lowest BCUT2D eigenvalue weighted by Gasteiger charge is -2.41. The van der Waals surface area contributed by atoms with Gasteiger partial charge in [0.1, 0.15) is 61.0 Å². The first-order valence-electron chi connectivity index (χ1n) is 22.8. The minimum atomic E-state index is -1.83. The van der Waals surface area contributed by atoms with E-state index < -0.39 is 148 Å². The zero-order chi connectivity index (χ0) is 47.1. The van der Waals surface area contributed by atoms with Gasteiger partial charge in [0.25, 0.3) is 0 Å². The van der Waals surface area contributed by atoms with Gasteiger partial charge < -0.3 is 84.2 Å². The van der Waals surface area contributed by atoms with Crippen LogP contribution >= 0.6 is 0 Å². The van der Waals surface area contributed by atoms with Crippen molar-refractivity contribution in [1.82, 2.24) is 0 Å². The van der Waals surface area contributed by atoms with Crippen molar-refractivity contribution in [2.45, 2.75) is 234 Å². The summed E-state index contributed by atoms with van der Waals surface area (Å²) in [5.74, 6) is -2.33. The van der Waals surface area contributed by atoms with Gasteiger partial charge in [-0.15, -0.1) is 0 Å². The van der Waals surface area contributed by atoms with Gasteiger partial charge in [0.05, 0.1) is 64.0 Å². The Morgan fingerprint density at radius 1 is 0.492 bits per heavy atom. The molecule has 0 saturated carbocycles. The summed E-state index contributed by atoms with van der Waals surface area (Å²) in [5.41, 5.74) is 0. The van der Waals surface area contributed by atoms with Crippen molar-refractivity contribution >= 4 is 17.9 Å². The van der Waals surface area contributed by atoms with E-state index in [2.05, 4.69) is 0 Å². The van der Waals surface area contributed by atoms with Crippen LogP contribution in [0.25, 0.3) is 0 Å². The van der Waals surface area contributed by atoms with Crippen LogP contribution in [-0.4, -0.2) is 187 Å². The molecule has 0 radical (unpaired) electrons. The van der Waals surface area contributed by atoms with Crippen molar-refractivity contribution in [3.05, 3.63) is 0 Å². The molecule has 20 heteroatoms. The molecule has 2 fully saturated rings. The first kappa shape index (κ1) is 57.0. The van der Waals surface area contributed by atoms with Gasteiger partial charge in [0.15, 0.2) is 12.6 Å². The number of carbonyl (C=O) groups is 3. The van der Waals surface area contributed by atoms with Gasteiger partial charge in [-0.25, -0.2) is 0 Å². The lowest BCUT2D eigenvalue weighted by molar-refractivity contribution is -0.313. The topological polar surface area (TPSA) is 318 Å². The second-order valence-electron chi connectivity index (χ2n) is 16.8. The maximum absolute atomic E-state index is 13.9. The number of methoxy groups -OCH3 is 1. The molecule has 2 aliphatic rings. The van der Waals surface area contributed by atoms with Crippen LogP contribution in [0.15, 0.2) is 0 Å². The highest BCUT2D eigenvalue weighted by Gasteiger charge is 2.47. The van der Waals surface area contributed by atoms with E-state index in [-0.39, 0.29) is 25.7 Å². The van der Waals surface area contributed by atoms with Crippen LogP contribution in [0.1, 0.15) is 136 Å². The molecule has 0 bridgehead atoms. The first-order valence-corrected chi connectivity index (χ1v) is 22.8. The number of carbonyl (C=O) groups excluding carboxylic acids is 3. The smallest absolute Gasteiger partial charge is 0.308 e. The molecule has 10 N–H and O–H groups in total. The second kappa shape index (κ2) is 30.9. The highest BCUT2D eigenvalue weighted by molar-refractivity contribution is 5.71. The molecule has 63 heavy (non-hydrogen) atoms. The molecule has 0 aromatic carbocycles. The van der Waals surface area contributed by atoms with E-state index in [0.717, 1.165) is 52.1 Å². The highest BCUT2D eigenvalue weighted by Crippen LogP contribution is 2.29. The molecule has 0 spiro atoms. The molecule has 16 atom stereocenters. The Hall–Kier alpha value is -2.15. The summed E-state index contributed by atoms with van der Waals surface area (Å²) in [4.78, 5) is 39.7. The Morgan fingerprint density at radius 3 is 1.29 bits per heavy atom. The fraction of sp³-hybridized carbons (Fsp3) is 0.930. The normalized spacial score (nSPS) is 29.2. The van der Waals surface area contributed by atoms with Crippen LogP contribution in [-0.2, 0) is 47.5 Å². The Bertz CT molecular complexity index is 1260. The quantitative estimate of drug-likeness (QED) is 0.0244. The summed E-state index contributed by atoms with van der Waals surface area (Å²) in [6, 6.07) is 0. The van der Waals surface area contributed by atoms with E-state index in [1.165, 1.54) is 0 Å². The van der Waals surface area contributed by atoms with Gasteiger partial charge in [-0.3, -0.25) is 14.4 Å². The first-order chi connectivity index (χ1) is 30.0. The number of rotatable bonds is 32. The van der Waals surface area contributed by atoms with Crippen molar-refractivity contribution in [3.8, 4) is 0 Å². The maximum atomic E-state index is 13.9. The summed E-state index contributed by atoms with van der Waals surface area (Å²) in [6.45, 7) is 4.50. The number of hydrogen-bond acceptors (Lipinski definition) is 20. The highest BCUT2D eigenvalue weighted by atomic mass is 16.7. The molecular formula is C43H78O20. The van der Waals surface area contributed by atoms with E-state index in [1.807, 2.05) is 20.8 Å². The SMILES string of the molecule is CCCCCC(O)CC(O)CC(=O)OC(CCCCC)CC(CC(=O)OC(CCCCC)CC(CC(=O)OC)OC1OC(CO)C(O)C(O)C1O)OC1OC(CO)C(O)C(O)C1O. The Balaban J connectivity index is 2.38. The van der Waals surface area contributed by atoms with Gasteiger partial charge in [-0.2, -0.15) is 0 Å². The number of esters is 3. The van der Waals surface area contributed by atoms with Gasteiger partial charge >= 0.3 is 17.9 Å². The van der Waals surface area contributed by atoms with Crippen LogP contribution in [0.3, 0.4) is 0 Å². The third kappa shape index (κ3) is 20.5. The Kier molecular flexibility index (Phi) is 28.0. The zero-order valence-corrected chi connectivity index (χ0v) is 37.4. The summed E-state index contributed by atoms with van der Waals surface area (Å²) >= 11 is 0. The molecule has 0 aromatic heterocycles. The third-order valence-electron chi connectivity index (χ3n) is 11.4. The van der Waals surface area contributed by atoms with Gasteiger partial charge in [0.2, 0.25) is 0 Å². The molecule has 370 valence electrons. The van der Waals surface area contributed by atoms with Crippen LogP contribution < -0.4 is 0 Å². The van der Waals surface area contributed by atoms with Crippen molar-refractivity contribution in [2.75, 3.05) is 20.3 Å². The van der Waals surface area contributed by atoms with Crippen LogP contribution in [0.2, 0.25) is 0 Å². The number of unbranched alkanes of at least 4 members (excludes halogenated alkanes) is 6. The molecule has 2 heterocycles. The Morgan fingerprint density at radius 2 is 0.889 bits per heavy atom. The van der Waals surface area contributed by atoms with Gasteiger partial charge in [-0.05, 0) is 38.5 Å². The Labute approximate surface area is 370 Å². The van der Waals surface area contributed by atoms with E-state index in [4.69, 9.17) is 33.2 Å². The zero-order valence-electron chi connectivity index (χ0n) is 37.4. The largest absolute Gasteiger partial charge is 0.469 e. The van der Waals surface area contributed by atoms with Gasteiger partial charge in [-0.1, -0.05) is 65.7 Å². The molecule has 2 rings (SSSR count). The summed E-state index contributed by atoms with van der Waals surface area (Å²) in [7, 11) is 1.15. The van der Waals surface area contributed by atoms with Crippen molar-refractivity contribution in [3.63, 3.8) is 0 Å². The molecular weight excluding hydrogens is 836 g/mol. The molecule has 0 aromatic rings. The summed E-state index contributed by atoms with van der Waals surface area (Å²) in [6.07, 6.45) is -16.3. The fourth-order valence-corrected chi connectivity index (χ4v) is 7.65. The number of ether oxygens (including phenoxy) is 7. The standard InChI is InChI=1S/C43H78O20/c1-5-8-11-14-25(46)17-26(47)18-34(49)58-27(15-12-9-6-2)20-30(61-43-41(56)39(54)37(52)32(24-45)63-43)22-35(50)59-28(16-13-10-7-3)19-29(21-33(48)57-4)60-42-40(55)38(53)36(51)31(23-44)62-42/h25-32,36-47,51-56H,5-24H2,1-4H3. The van der Waals surface area contributed by atoms with Crippen molar-refractivity contribution in [1.29, 1.82) is 0 Å². The fourth-order valence-electron chi connectivity index (χ4n) is 7.65. The van der Waals surface area contributed by atoms with Crippen molar-refractivity contribution in [2.24, 2.45) is 0 Å². The molecule has 20 nitrogen and oxygen atoms in total. The predicted molar refractivity (Wildman–Crippen MR) is 221 cm³/mol. The van der Waals surface area contributed by atoms with Crippen LogP contribution in [0, 0.1) is 0 Å². The lowest BCUT2D eigenvalue weighted by atomic mass is 9.98. The lowest BCUT2D eigenvalue weighted by Crippen LogP contribution is -2.59. The van der Waals surface area contributed by atoms with Crippen LogP contribution in [0.5, 0.6) is 0 Å². The van der Waals surface area contributed by atoms with E-state index >= 15 is 0 Å². The maximum Gasteiger partial charge on any atom is 0.308 e. The average molecular weight is 915 g/mol. The van der Waals surface area contributed by atoms with E-state index in [1.54, 1.807) is 0 Å². The number of aliphatic hydroxyl groups is 10.